The minimum atomic E-state index is -3.35. The van der Waals surface area contributed by atoms with Gasteiger partial charge in [0.05, 0.1) is 16.4 Å². The van der Waals surface area contributed by atoms with Crippen molar-refractivity contribution in [2.45, 2.75) is 4.90 Å². The summed E-state index contributed by atoms with van der Waals surface area (Å²) in [6.45, 7) is 0. The highest BCUT2D eigenvalue weighted by molar-refractivity contribution is 8.01. The lowest BCUT2D eigenvalue weighted by Crippen LogP contribution is -2.10. The third kappa shape index (κ3) is 4.97. The lowest BCUT2D eigenvalue weighted by Gasteiger charge is -2.03. The standard InChI is InChI=1S/C10H11ClO4S2/c11-8-1-3-9(4-2-8)17(14,15)6-5-16-7-10(12)13/h1-4H,5-7H2,(H,12,13). The van der Waals surface area contributed by atoms with E-state index in [1.807, 2.05) is 0 Å². The van der Waals surface area contributed by atoms with E-state index >= 15 is 0 Å². The minimum absolute atomic E-state index is 0.0768. The largest absolute Gasteiger partial charge is 0.481 e. The number of hydrogen-bond donors (Lipinski definition) is 1. The molecule has 1 aromatic rings. The summed E-state index contributed by atoms with van der Waals surface area (Å²) >= 11 is 6.74. The van der Waals surface area contributed by atoms with Gasteiger partial charge in [-0.05, 0) is 24.3 Å². The molecular formula is C10H11ClO4S2. The van der Waals surface area contributed by atoms with Gasteiger partial charge in [0.15, 0.2) is 9.84 Å². The quantitative estimate of drug-likeness (QED) is 0.812. The van der Waals surface area contributed by atoms with Crippen LogP contribution in [0.25, 0.3) is 0 Å². The van der Waals surface area contributed by atoms with Crippen molar-refractivity contribution in [1.82, 2.24) is 0 Å². The SMILES string of the molecule is O=C(O)CSCCS(=O)(=O)c1ccc(Cl)cc1. The van der Waals surface area contributed by atoms with Crippen LogP contribution in [0.1, 0.15) is 0 Å². The van der Waals surface area contributed by atoms with Crippen LogP contribution in [0, 0.1) is 0 Å². The van der Waals surface area contributed by atoms with Gasteiger partial charge >= 0.3 is 5.97 Å². The molecule has 1 aromatic carbocycles. The number of carboxylic acid groups (broad SMARTS) is 1. The average Bonchev–Trinajstić information content (AvgIpc) is 2.25. The average molecular weight is 295 g/mol. The Balaban J connectivity index is 2.57. The van der Waals surface area contributed by atoms with Crippen molar-refractivity contribution in [2.24, 2.45) is 0 Å². The molecule has 0 aromatic heterocycles. The highest BCUT2D eigenvalue weighted by Crippen LogP contribution is 2.16. The van der Waals surface area contributed by atoms with E-state index < -0.39 is 15.8 Å². The van der Waals surface area contributed by atoms with Crippen LogP contribution in [0.15, 0.2) is 29.2 Å². The first-order valence-electron chi connectivity index (χ1n) is 4.70. The number of rotatable bonds is 6. The number of halogens is 1. The summed E-state index contributed by atoms with van der Waals surface area (Å²) < 4.78 is 23.6. The smallest absolute Gasteiger partial charge is 0.313 e. The summed E-state index contributed by atoms with van der Waals surface area (Å²) in [5.41, 5.74) is 0. The molecule has 0 spiro atoms. The fraction of sp³-hybridized carbons (Fsp3) is 0.300. The van der Waals surface area contributed by atoms with Gasteiger partial charge < -0.3 is 5.11 Å². The summed E-state index contributed by atoms with van der Waals surface area (Å²) in [5, 5.41) is 8.88. The Bertz CT molecular complexity index is 482. The van der Waals surface area contributed by atoms with Gasteiger partial charge in [0.1, 0.15) is 0 Å². The predicted octanol–water partition coefficient (Wildman–Crippen LogP) is 1.93. The normalized spacial score (nSPS) is 11.4. The van der Waals surface area contributed by atoms with Gasteiger partial charge in [-0.25, -0.2) is 8.42 Å². The molecule has 7 heteroatoms. The Kier molecular flexibility index (Phi) is 5.30. The van der Waals surface area contributed by atoms with E-state index in [2.05, 4.69) is 0 Å². The van der Waals surface area contributed by atoms with Crippen LogP contribution in [0.5, 0.6) is 0 Å². The molecule has 17 heavy (non-hydrogen) atoms. The molecule has 4 nitrogen and oxygen atoms in total. The van der Waals surface area contributed by atoms with Crippen molar-refractivity contribution >= 4 is 39.2 Å². The Morgan fingerprint density at radius 2 is 1.88 bits per heavy atom. The second-order valence-corrected chi connectivity index (χ2v) is 6.87. The first-order valence-corrected chi connectivity index (χ1v) is 7.88. The Morgan fingerprint density at radius 3 is 2.41 bits per heavy atom. The fourth-order valence-electron chi connectivity index (χ4n) is 1.09. The van der Waals surface area contributed by atoms with Gasteiger partial charge in [0.25, 0.3) is 0 Å². The van der Waals surface area contributed by atoms with E-state index in [0.717, 1.165) is 11.8 Å². The monoisotopic (exact) mass is 294 g/mol. The Morgan fingerprint density at radius 1 is 1.29 bits per heavy atom. The summed E-state index contributed by atoms with van der Waals surface area (Å²) in [6.07, 6.45) is 0. The van der Waals surface area contributed by atoms with Crippen molar-refractivity contribution in [2.75, 3.05) is 17.3 Å². The Labute approximate surface area is 109 Å². The van der Waals surface area contributed by atoms with Gasteiger partial charge in [-0.15, -0.1) is 11.8 Å². The first-order chi connectivity index (χ1) is 7.92. The molecule has 0 radical (unpaired) electrons. The second kappa shape index (κ2) is 6.28. The number of hydrogen-bond acceptors (Lipinski definition) is 4. The molecule has 1 rings (SSSR count). The van der Waals surface area contributed by atoms with Crippen molar-refractivity contribution in [3.05, 3.63) is 29.3 Å². The van der Waals surface area contributed by atoms with Crippen LogP contribution >= 0.6 is 23.4 Å². The third-order valence-corrected chi connectivity index (χ3v) is 5.08. The van der Waals surface area contributed by atoms with Crippen molar-refractivity contribution < 1.29 is 18.3 Å². The molecule has 0 aliphatic heterocycles. The fourth-order valence-corrected chi connectivity index (χ4v) is 3.67. The van der Waals surface area contributed by atoms with E-state index in [9.17, 15) is 13.2 Å². The van der Waals surface area contributed by atoms with Crippen LogP contribution in [-0.4, -0.2) is 36.8 Å². The molecule has 0 bridgehead atoms. The topological polar surface area (TPSA) is 71.4 Å². The predicted molar refractivity (Wildman–Crippen MR) is 68.5 cm³/mol. The number of sulfone groups is 1. The van der Waals surface area contributed by atoms with E-state index in [-0.39, 0.29) is 22.2 Å². The van der Waals surface area contributed by atoms with Gasteiger partial charge in [-0.2, -0.15) is 0 Å². The summed E-state index contributed by atoms with van der Waals surface area (Å²) in [6, 6.07) is 5.91. The van der Waals surface area contributed by atoms with Crippen molar-refractivity contribution in [3.63, 3.8) is 0 Å². The molecule has 0 fully saturated rings. The molecule has 0 aliphatic rings. The number of aliphatic carboxylic acids is 1. The number of carbonyl (C=O) groups is 1. The molecule has 0 atom stereocenters. The van der Waals surface area contributed by atoms with Crippen LogP contribution in [0.3, 0.4) is 0 Å². The molecule has 0 unspecified atom stereocenters. The zero-order valence-electron chi connectivity index (χ0n) is 8.80. The van der Waals surface area contributed by atoms with Crippen LogP contribution in [-0.2, 0) is 14.6 Å². The lowest BCUT2D eigenvalue weighted by atomic mass is 10.4. The summed E-state index contributed by atoms with van der Waals surface area (Å²) in [5.74, 6) is -0.848. The molecule has 0 amide bonds. The number of carboxylic acids is 1. The molecule has 1 N–H and O–H groups in total. The van der Waals surface area contributed by atoms with Gasteiger partial charge in [0, 0.05) is 10.8 Å². The molecule has 94 valence electrons. The number of benzene rings is 1. The van der Waals surface area contributed by atoms with Crippen LogP contribution in [0.2, 0.25) is 5.02 Å². The molecule has 0 saturated heterocycles. The van der Waals surface area contributed by atoms with Gasteiger partial charge in [0.2, 0.25) is 0 Å². The zero-order valence-corrected chi connectivity index (χ0v) is 11.2. The number of thioether (sulfide) groups is 1. The van der Waals surface area contributed by atoms with Crippen molar-refractivity contribution in [1.29, 1.82) is 0 Å². The zero-order chi connectivity index (χ0) is 12.9. The summed E-state index contributed by atoms with van der Waals surface area (Å²) in [4.78, 5) is 10.5. The summed E-state index contributed by atoms with van der Waals surface area (Å²) in [7, 11) is -3.35. The van der Waals surface area contributed by atoms with E-state index in [4.69, 9.17) is 16.7 Å². The van der Waals surface area contributed by atoms with Crippen LogP contribution < -0.4 is 0 Å². The lowest BCUT2D eigenvalue weighted by molar-refractivity contribution is -0.133. The molecule has 0 saturated carbocycles. The maximum atomic E-state index is 11.8. The van der Waals surface area contributed by atoms with Crippen molar-refractivity contribution in [3.8, 4) is 0 Å². The maximum Gasteiger partial charge on any atom is 0.313 e. The van der Waals surface area contributed by atoms with Crippen LogP contribution in [0.4, 0.5) is 0 Å². The maximum absolute atomic E-state index is 11.8. The van der Waals surface area contributed by atoms with Gasteiger partial charge in [-0.3, -0.25) is 4.79 Å². The van der Waals surface area contributed by atoms with E-state index in [1.165, 1.54) is 24.3 Å². The minimum Gasteiger partial charge on any atom is -0.481 e. The van der Waals surface area contributed by atoms with E-state index in [0.29, 0.717) is 5.02 Å². The highest BCUT2D eigenvalue weighted by atomic mass is 35.5. The molecule has 0 aliphatic carbocycles. The van der Waals surface area contributed by atoms with E-state index in [1.54, 1.807) is 0 Å². The highest BCUT2D eigenvalue weighted by Gasteiger charge is 2.14. The molecule has 0 heterocycles. The second-order valence-electron chi connectivity index (χ2n) is 3.22. The molecular weight excluding hydrogens is 284 g/mol. The Hall–Kier alpha value is -0.720. The van der Waals surface area contributed by atoms with Gasteiger partial charge in [-0.1, -0.05) is 11.6 Å². The first kappa shape index (κ1) is 14.3. The third-order valence-electron chi connectivity index (χ3n) is 1.89.